The Labute approximate surface area is 212 Å². The molecule has 0 spiro atoms. The number of rotatable bonds is 10. The van der Waals surface area contributed by atoms with Crippen molar-refractivity contribution in [1.82, 2.24) is 10.6 Å². The highest BCUT2D eigenvalue weighted by molar-refractivity contribution is 9.09. The van der Waals surface area contributed by atoms with E-state index in [0.717, 1.165) is 43.4 Å². The van der Waals surface area contributed by atoms with Crippen LogP contribution in [0.2, 0.25) is 0 Å². The molecule has 34 heavy (non-hydrogen) atoms. The van der Waals surface area contributed by atoms with Gasteiger partial charge >= 0.3 is 0 Å². The zero-order valence-corrected chi connectivity index (χ0v) is 21.6. The van der Waals surface area contributed by atoms with Gasteiger partial charge < -0.3 is 10.6 Å². The standard InChI is InChI=1S/C30H35BrN2O/c1-2-19-32-28-18-17-25-12-11-22(20-27(25)21-28)7-6-10-29(31)33-30(34)26-15-13-24(14-16-26)23-8-4-3-5-9-23/h3-5,8-9,11-16,20,28-29,32H,2,6-7,10,17-19,21H2,1H3,(H,33,34)/t28-,29?/m0/s1. The first-order valence-corrected chi connectivity index (χ1v) is 13.5. The smallest absolute Gasteiger partial charge is 0.252 e. The monoisotopic (exact) mass is 518 g/mol. The van der Waals surface area contributed by atoms with Crippen molar-refractivity contribution in [2.75, 3.05) is 6.54 Å². The summed E-state index contributed by atoms with van der Waals surface area (Å²) >= 11 is 3.65. The minimum atomic E-state index is -0.0408. The molecule has 0 bridgehead atoms. The Morgan fingerprint density at radius 2 is 1.76 bits per heavy atom. The van der Waals surface area contributed by atoms with Crippen molar-refractivity contribution in [1.29, 1.82) is 0 Å². The lowest BCUT2D eigenvalue weighted by Crippen LogP contribution is -2.35. The molecule has 0 radical (unpaired) electrons. The number of nitrogens with one attached hydrogen (secondary N) is 2. The van der Waals surface area contributed by atoms with Crippen LogP contribution in [0.5, 0.6) is 0 Å². The van der Waals surface area contributed by atoms with E-state index in [0.29, 0.717) is 11.6 Å². The van der Waals surface area contributed by atoms with Crippen LogP contribution in [0, 0.1) is 0 Å². The molecule has 4 rings (SSSR count). The van der Waals surface area contributed by atoms with Crippen molar-refractivity contribution < 1.29 is 4.79 Å². The summed E-state index contributed by atoms with van der Waals surface area (Å²) in [5.41, 5.74) is 7.39. The van der Waals surface area contributed by atoms with Gasteiger partial charge in [-0.3, -0.25) is 4.79 Å². The molecule has 1 unspecified atom stereocenters. The molecule has 0 aromatic heterocycles. The third-order valence-corrected chi connectivity index (χ3v) is 7.33. The van der Waals surface area contributed by atoms with E-state index >= 15 is 0 Å². The van der Waals surface area contributed by atoms with Gasteiger partial charge in [0, 0.05) is 11.6 Å². The van der Waals surface area contributed by atoms with E-state index in [1.807, 2.05) is 42.5 Å². The number of carbonyl (C=O) groups excluding carboxylic acids is 1. The van der Waals surface area contributed by atoms with Gasteiger partial charge in [-0.05, 0) is 91.4 Å². The van der Waals surface area contributed by atoms with E-state index in [1.165, 1.54) is 36.0 Å². The fraction of sp³-hybridized carbons (Fsp3) is 0.367. The number of hydrogen-bond donors (Lipinski definition) is 2. The summed E-state index contributed by atoms with van der Waals surface area (Å²) in [4.78, 5) is 12.6. The highest BCUT2D eigenvalue weighted by Crippen LogP contribution is 2.24. The minimum absolute atomic E-state index is 0.0333. The topological polar surface area (TPSA) is 41.1 Å². The maximum absolute atomic E-state index is 12.7. The summed E-state index contributed by atoms with van der Waals surface area (Å²) in [6.07, 6.45) is 7.70. The second-order valence-corrected chi connectivity index (χ2v) is 10.4. The van der Waals surface area contributed by atoms with Gasteiger partial charge in [-0.2, -0.15) is 0 Å². The minimum Gasteiger partial charge on any atom is -0.340 e. The number of amides is 1. The number of fused-ring (bicyclic) bond motifs is 1. The fourth-order valence-electron chi connectivity index (χ4n) is 4.72. The molecule has 1 amide bonds. The first kappa shape index (κ1) is 24.7. The van der Waals surface area contributed by atoms with Crippen LogP contribution in [0.1, 0.15) is 59.7 Å². The average molecular weight is 520 g/mol. The maximum Gasteiger partial charge on any atom is 0.252 e. The quantitative estimate of drug-likeness (QED) is 0.232. The van der Waals surface area contributed by atoms with E-state index in [2.05, 4.69) is 63.8 Å². The van der Waals surface area contributed by atoms with Gasteiger partial charge in [-0.25, -0.2) is 0 Å². The predicted octanol–water partition coefficient (Wildman–Crippen LogP) is 6.68. The molecule has 0 saturated heterocycles. The third kappa shape index (κ3) is 6.80. The van der Waals surface area contributed by atoms with Crippen molar-refractivity contribution in [3.63, 3.8) is 0 Å². The Morgan fingerprint density at radius 1 is 1.00 bits per heavy atom. The average Bonchev–Trinajstić information content (AvgIpc) is 2.87. The van der Waals surface area contributed by atoms with Crippen LogP contribution >= 0.6 is 15.9 Å². The molecular weight excluding hydrogens is 484 g/mol. The van der Waals surface area contributed by atoms with E-state index in [4.69, 9.17) is 0 Å². The molecule has 3 aromatic carbocycles. The van der Waals surface area contributed by atoms with Crippen LogP contribution in [0.3, 0.4) is 0 Å². The normalized spacial score (nSPS) is 16.0. The van der Waals surface area contributed by atoms with Gasteiger partial charge in [-0.1, -0.05) is 83.5 Å². The SMILES string of the molecule is CCCN[C@H]1CCc2ccc(CCCC(Br)NC(=O)c3ccc(-c4ccccc4)cc3)cc2C1. The summed E-state index contributed by atoms with van der Waals surface area (Å²) in [6, 6.07) is 25.7. The van der Waals surface area contributed by atoms with Gasteiger partial charge in [0.2, 0.25) is 0 Å². The highest BCUT2D eigenvalue weighted by atomic mass is 79.9. The molecule has 1 aliphatic rings. The molecule has 0 fully saturated rings. The predicted molar refractivity (Wildman–Crippen MR) is 146 cm³/mol. The summed E-state index contributed by atoms with van der Waals surface area (Å²) in [5.74, 6) is -0.0408. The second kappa shape index (κ2) is 12.3. The van der Waals surface area contributed by atoms with Crippen LogP contribution in [0.15, 0.2) is 72.8 Å². The number of alkyl halides is 1. The fourth-order valence-corrected chi connectivity index (χ4v) is 5.25. The molecule has 0 saturated carbocycles. The van der Waals surface area contributed by atoms with Crippen molar-refractivity contribution in [3.8, 4) is 11.1 Å². The van der Waals surface area contributed by atoms with Crippen LogP contribution in [0.4, 0.5) is 0 Å². The van der Waals surface area contributed by atoms with E-state index < -0.39 is 0 Å². The number of halogens is 1. The summed E-state index contributed by atoms with van der Waals surface area (Å²) < 4.78 is 0. The largest absolute Gasteiger partial charge is 0.340 e. The molecule has 4 heteroatoms. The van der Waals surface area contributed by atoms with Crippen molar-refractivity contribution in [2.24, 2.45) is 0 Å². The van der Waals surface area contributed by atoms with Gasteiger partial charge in [0.1, 0.15) is 0 Å². The van der Waals surface area contributed by atoms with Crippen LogP contribution in [0.25, 0.3) is 11.1 Å². The second-order valence-electron chi connectivity index (χ2n) is 9.27. The molecule has 3 nitrogen and oxygen atoms in total. The van der Waals surface area contributed by atoms with Crippen molar-refractivity contribution >= 4 is 21.8 Å². The number of hydrogen-bond acceptors (Lipinski definition) is 2. The Bertz CT molecular complexity index is 1060. The summed E-state index contributed by atoms with van der Waals surface area (Å²) in [7, 11) is 0. The number of carbonyl (C=O) groups is 1. The summed E-state index contributed by atoms with van der Waals surface area (Å²) in [6.45, 7) is 3.33. The van der Waals surface area contributed by atoms with Gasteiger partial charge in [0.15, 0.2) is 0 Å². The number of benzene rings is 3. The first-order valence-electron chi connectivity index (χ1n) is 12.6. The van der Waals surface area contributed by atoms with Gasteiger partial charge in [-0.15, -0.1) is 0 Å². The van der Waals surface area contributed by atoms with Crippen molar-refractivity contribution in [2.45, 2.75) is 62.9 Å². The Hall–Kier alpha value is -2.43. The highest BCUT2D eigenvalue weighted by Gasteiger charge is 2.18. The Balaban J connectivity index is 1.24. The summed E-state index contributed by atoms with van der Waals surface area (Å²) in [5, 5.41) is 6.77. The van der Waals surface area contributed by atoms with E-state index in [-0.39, 0.29) is 10.9 Å². The molecule has 0 aliphatic heterocycles. The molecule has 1 aliphatic carbocycles. The van der Waals surface area contributed by atoms with Crippen LogP contribution in [-0.4, -0.2) is 23.4 Å². The van der Waals surface area contributed by atoms with Gasteiger partial charge in [0.25, 0.3) is 5.91 Å². The lowest BCUT2D eigenvalue weighted by atomic mass is 9.86. The number of aryl methyl sites for hydroxylation is 2. The maximum atomic E-state index is 12.7. The lowest BCUT2D eigenvalue weighted by molar-refractivity contribution is 0.0949. The van der Waals surface area contributed by atoms with Gasteiger partial charge in [0.05, 0.1) is 4.95 Å². The Kier molecular flexibility index (Phi) is 8.95. The molecule has 2 atom stereocenters. The zero-order valence-electron chi connectivity index (χ0n) is 20.0. The Morgan fingerprint density at radius 3 is 2.53 bits per heavy atom. The van der Waals surface area contributed by atoms with Crippen LogP contribution in [-0.2, 0) is 19.3 Å². The van der Waals surface area contributed by atoms with Crippen LogP contribution < -0.4 is 10.6 Å². The van der Waals surface area contributed by atoms with Crippen molar-refractivity contribution in [3.05, 3.63) is 95.1 Å². The zero-order chi connectivity index (χ0) is 23.8. The molecule has 178 valence electrons. The lowest BCUT2D eigenvalue weighted by Gasteiger charge is -2.26. The van der Waals surface area contributed by atoms with E-state index in [9.17, 15) is 4.79 Å². The van der Waals surface area contributed by atoms with E-state index in [1.54, 1.807) is 0 Å². The first-order chi connectivity index (χ1) is 16.6. The third-order valence-electron chi connectivity index (χ3n) is 6.65. The molecule has 3 aromatic rings. The molecule has 0 heterocycles. The molecular formula is C30H35BrN2O. The molecule has 2 N–H and O–H groups in total.